The summed E-state index contributed by atoms with van der Waals surface area (Å²) in [6.07, 6.45) is -0.751. The van der Waals surface area contributed by atoms with E-state index < -0.39 is 34.0 Å². The lowest BCUT2D eigenvalue weighted by atomic mass is 10.0. The minimum absolute atomic E-state index is 0.0253. The van der Waals surface area contributed by atoms with Crippen molar-refractivity contribution >= 4 is 27.9 Å². The fourth-order valence-electron chi connectivity index (χ4n) is 2.77. The third-order valence-electron chi connectivity index (χ3n) is 4.51. The topological polar surface area (TPSA) is 143 Å². The van der Waals surface area contributed by atoms with E-state index in [0.717, 1.165) is 5.56 Å². The minimum atomic E-state index is -3.87. The summed E-state index contributed by atoms with van der Waals surface area (Å²) in [5.74, 6) is -1.66. The minimum Gasteiger partial charge on any atom is -0.450 e. The highest BCUT2D eigenvalue weighted by molar-refractivity contribution is 7.89. The summed E-state index contributed by atoms with van der Waals surface area (Å²) in [6, 6.07) is 13.5. The Hall–Kier alpha value is -3.44. The fourth-order valence-corrected chi connectivity index (χ4v) is 3.83. The Morgan fingerprint density at radius 3 is 2.30 bits per heavy atom. The Morgan fingerprint density at radius 2 is 1.67 bits per heavy atom. The van der Waals surface area contributed by atoms with E-state index >= 15 is 0 Å². The maximum absolute atomic E-state index is 12.6. The summed E-state index contributed by atoms with van der Waals surface area (Å²) in [6.45, 7) is 5.31. The number of ether oxygens (including phenoxy) is 1. The molecule has 0 heterocycles. The predicted molar refractivity (Wildman–Crippen MR) is 121 cm³/mol. The lowest BCUT2D eigenvalue weighted by Gasteiger charge is -2.21. The van der Waals surface area contributed by atoms with Crippen molar-refractivity contribution in [2.45, 2.75) is 38.3 Å². The van der Waals surface area contributed by atoms with Gasteiger partial charge in [-0.15, -0.1) is 0 Å². The molecule has 0 saturated carbocycles. The first-order chi connectivity index (χ1) is 15.6. The van der Waals surface area contributed by atoms with Gasteiger partial charge in [0, 0.05) is 12.1 Å². The molecule has 4 N–H and O–H groups in total. The monoisotopic (exact) mass is 476 g/mol. The average Bonchev–Trinajstić information content (AvgIpc) is 2.80. The van der Waals surface area contributed by atoms with Crippen LogP contribution < -0.4 is 20.9 Å². The molecule has 0 aliphatic rings. The SMILES string of the molecule is CCOC(=O)NC(C(=O)NNC(=O)c1cccc(S(=O)(=O)NCc2ccccc2)c1)C(C)C. The van der Waals surface area contributed by atoms with Crippen LogP contribution in [0.4, 0.5) is 4.79 Å². The number of amides is 3. The molecule has 0 radical (unpaired) electrons. The highest BCUT2D eigenvalue weighted by atomic mass is 32.2. The largest absolute Gasteiger partial charge is 0.450 e. The van der Waals surface area contributed by atoms with Gasteiger partial charge in [0.05, 0.1) is 11.5 Å². The van der Waals surface area contributed by atoms with Crippen LogP contribution >= 0.6 is 0 Å². The van der Waals surface area contributed by atoms with Crippen molar-refractivity contribution in [2.24, 2.45) is 5.92 Å². The van der Waals surface area contributed by atoms with Gasteiger partial charge in [-0.05, 0) is 36.6 Å². The maximum atomic E-state index is 12.6. The molecule has 0 aromatic heterocycles. The van der Waals surface area contributed by atoms with Gasteiger partial charge in [0.1, 0.15) is 6.04 Å². The van der Waals surface area contributed by atoms with Gasteiger partial charge < -0.3 is 10.1 Å². The van der Waals surface area contributed by atoms with Crippen molar-refractivity contribution in [1.29, 1.82) is 0 Å². The molecule has 0 fully saturated rings. The third kappa shape index (κ3) is 7.88. The molecular weight excluding hydrogens is 448 g/mol. The number of hydrazine groups is 1. The van der Waals surface area contributed by atoms with E-state index in [0.29, 0.717) is 0 Å². The lowest BCUT2D eigenvalue weighted by Crippen LogP contribution is -2.54. The molecule has 0 saturated heterocycles. The van der Waals surface area contributed by atoms with Crippen molar-refractivity contribution in [1.82, 2.24) is 20.9 Å². The molecule has 10 nitrogen and oxygen atoms in total. The second kappa shape index (κ2) is 12.0. The first-order valence-electron chi connectivity index (χ1n) is 10.3. The van der Waals surface area contributed by atoms with Crippen molar-refractivity contribution in [2.75, 3.05) is 6.61 Å². The zero-order chi connectivity index (χ0) is 24.4. The van der Waals surface area contributed by atoms with Gasteiger partial charge in [0.25, 0.3) is 11.8 Å². The number of benzene rings is 2. The molecule has 0 aliphatic carbocycles. The van der Waals surface area contributed by atoms with Gasteiger partial charge in [-0.1, -0.05) is 50.2 Å². The van der Waals surface area contributed by atoms with Gasteiger partial charge in [0.15, 0.2) is 0 Å². The molecule has 3 amide bonds. The molecule has 2 aromatic carbocycles. The average molecular weight is 477 g/mol. The van der Waals surface area contributed by atoms with Crippen LogP contribution in [0.3, 0.4) is 0 Å². The Kier molecular flexibility index (Phi) is 9.37. The van der Waals surface area contributed by atoms with Crippen LogP contribution in [-0.2, 0) is 26.1 Å². The van der Waals surface area contributed by atoms with Gasteiger partial charge in [-0.25, -0.2) is 17.9 Å². The van der Waals surface area contributed by atoms with Crippen LogP contribution in [0.15, 0.2) is 59.5 Å². The van der Waals surface area contributed by atoms with Crippen LogP contribution in [-0.4, -0.2) is 39.0 Å². The number of sulfonamides is 1. The first-order valence-corrected chi connectivity index (χ1v) is 11.8. The first kappa shape index (κ1) is 25.8. The van der Waals surface area contributed by atoms with Gasteiger partial charge >= 0.3 is 6.09 Å². The molecule has 33 heavy (non-hydrogen) atoms. The number of nitrogens with one attached hydrogen (secondary N) is 4. The zero-order valence-electron chi connectivity index (χ0n) is 18.6. The van der Waals surface area contributed by atoms with E-state index in [4.69, 9.17) is 4.74 Å². The summed E-state index contributed by atoms with van der Waals surface area (Å²) in [5, 5.41) is 2.43. The summed E-state index contributed by atoms with van der Waals surface area (Å²) < 4.78 is 32.5. The molecular formula is C22H28N4O6S. The lowest BCUT2D eigenvalue weighted by molar-refractivity contribution is -0.124. The second-order valence-corrected chi connectivity index (χ2v) is 9.13. The normalized spacial score (nSPS) is 12.0. The summed E-state index contributed by atoms with van der Waals surface area (Å²) in [5.41, 5.74) is 5.28. The smallest absolute Gasteiger partial charge is 0.407 e. The van der Waals surface area contributed by atoms with Crippen molar-refractivity contribution in [3.63, 3.8) is 0 Å². The van der Waals surface area contributed by atoms with Crippen molar-refractivity contribution in [3.05, 3.63) is 65.7 Å². The Labute approximate surface area is 193 Å². The third-order valence-corrected chi connectivity index (χ3v) is 5.91. The summed E-state index contributed by atoms with van der Waals surface area (Å²) in [7, 11) is -3.87. The number of rotatable bonds is 9. The highest BCUT2D eigenvalue weighted by Crippen LogP contribution is 2.12. The van der Waals surface area contributed by atoms with Crippen LogP contribution in [0.25, 0.3) is 0 Å². The standard InChI is InChI=1S/C22H28N4O6S/c1-4-32-22(29)24-19(15(2)3)21(28)26-25-20(27)17-11-8-12-18(13-17)33(30,31)23-14-16-9-6-5-7-10-16/h5-13,15,19,23H,4,14H2,1-3H3,(H,24,29)(H,25,27)(H,26,28). The second-order valence-electron chi connectivity index (χ2n) is 7.37. The molecule has 0 spiro atoms. The molecule has 1 unspecified atom stereocenters. The van der Waals surface area contributed by atoms with Gasteiger partial charge in [0.2, 0.25) is 10.0 Å². The highest BCUT2D eigenvalue weighted by Gasteiger charge is 2.25. The van der Waals surface area contributed by atoms with Crippen molar-refractivity contribution in [3.8, 4) is 0 Å². The number of hydrogen-bond acceptors (Lipinski definition) is 6. The Balaban J connectivity index is 2.01. The number of hydrogen-bond donors (Lipinski definition) is 4. The Bertz CT molecular complexity index is 1070. The molecule has 11 heteroatoms. The zero-order valence-corrected chi connectivity index (χ0v) is 19.4. The molecule has 0 bridgehead atoms. The Morgan fingerprint density at radius 1 is 0.970 bits per heavy atom. The number of carbonyl (C=O) groups excluding carboxylic acids is 3. The van der Waals surface area contributed by atoms with E-state index in [1.807, 2.05) is 6.07 Å². The van der Waals surface area contributed by atoms with Gasteiger partial charge in [-0.2, -0.15) is 0 Å². The van der Waals surface area contributed by atoms with Crippen LogP contribution in [0.2, 0.25) is 0 Å². The summed E-state index contributed by atoms with van der Waals surface area (Å²) >= 11 is 0. The molecule has 178 valence electrons. The predicted octanol–water partition coefficient (Wildman–Crippen LogP) is 1.70. The molecule has 2 rings (SSSR count). The number of alkyl carbamates (subject to hydrolysis) is 1. The molecule has 1 atom stereocenters. The van der Waals surface area contributed by atoms with Crippen LogP contribution in [0.1, 0.15) is 36.7 Å². The van der Waals surface area contributed by atoms with Crippen LogP contribution in [0, 0.1) is 5.92 Å². The van der Waals surface area contributed by atoms with Crippen molar-refractivity contribution < 1.29 is 27.5 Å². The van der Waals surface area contributed by atoms with E-state index in [1.54, 1.807) is 45.0 Å². The van der Waals surface area contributed by atoms with E-state index in [1.165, 1.54) is 24.3 Å². The fraction of sp³-hybridized carbons (Fsp3) is 0.318. The quantitative estimate of drug-likeness (QED) is 0.406. The van der Waals surface area contributed by atoms with Gasteiger partial charge in [-0.3, -0.25) is 20.4 Å². The van der Waals surface area contributed by atoms with E-state index in [2.05, 4.69) is 20.9 Å². The maximum Gasteiger partial charge on any atom is 0.407 e. The number of carbonyl (C=O) groups is 3. The van der Waals surface area contributed by atoms with E-state index in [-0.39, 0.29) is 29.5 Å². The van der Waals surface area contributed by atoms with Crippen LogP contribution in [0.5, 0.6) is 0 Å². The van der Waals surface area contributed by atoms with E-state index in [9.17, 15) is 22.8 Å². The molecule has 0 aliphatic heterocycles. The molecule has 2 aromatic rings. The summed E-state index contributed by atoms with van der Waals surface area (Å²) in [4.78, 5) is 36.4.